The van der Waals surface area contributed by atoms with Crippen LogP contribution in [-0.4, -0.2) is 0 Å². The van der Waals surface area contributed by atoms with Crippen LogP contribution in [0.3, 0.4) is 0 Å². The molecule has 0 fully saturated rings. The van der Waals surface area contributed by atoms with Crippen LogP contribution in [0.1, 0.15) is 52.8 Å². The van der Waals surface area contributed by atoms with Crippen molar-refractivity contribution in [3.63, 3.8) is 0 Å². The number of fused-ring (bicyclic) bond motifs is 4. The fraction of sp³-hybridized carbons (Fsp3) is 0.0571. The second-order valence-corrected chi connectivity index (χ2v) is 19.2. The van der Waals surface area contributed by atoms with Gasteiger partial charge in [0, 0.05) is 22.4 Å². The average Bonchev–Trinajstić information content (AvgIpc) is 3.86. The molecule has 12 rings (SSSR count). The maximum absolute atomic E-state index is 4.15. The van der Waals surface area contributed by atoms with Crippen molar-refractivity contribution in [3.05, 3.63) is 319 Å². The smallest absolute Gasteiger partial charge is 0.0719 e. The minimum Gasteiger partial charge on any atom is -0.310 e. The molecule has 0 aliphatic heterocycles. The first-order chi connectivity index (χ1) is 34.9. The van der Waals surface area contributed by atoms with Crippen LogP contribution in [0.5, 0.6) is 0 Å². The van der Waals surface area contributed by atoms with E-state index in [2.05, 4.69) is 292 Å². The molecule has 0 heterocycles. The van der Waals surface area contributed by atoms with Gasteiger partial charge in [0.15, 0.2) is 0 Å². The van der Waals surface area contributed by atoms with E-state index in [1.165, 1.54) is 83.5 Å². The number of benzene rings is 10. The highest BCUT2D eigenvalue weighted by molar-refractivity contribution is 6.09. The van der Waals surface area contributed by atoms with Gasteiger partial charge in [-0.1, -0.05) is 257 Å². The van der Waals surface area contributed by atoms with Crippen molar-refractivity contribution in [1.29, 1.82) is 0 Å². The number of nitrogens with zero attached hydrogens (tertiary/aromatic N) is 1. The second kappa shape index (κ2) is 17.9. The van der Waals surface area contributed by atoms with Crippen molar-refractivity contribution in [2.45, 2.75) is 24.7 Å². The molecule has 71 heavy (non-hydrogen) atoms. The van der Waals surface area contributed by atoms with E-state index in [9.17, 15) is 0 Å². The molecular weight excluding hydrogens is 855 g/mol. The van der Waals surface area contributed by atoms with Crippen LogP contribution in [0.4, 0.5) is 17.1 Å². The van der Waals surface area contributed by atoms with Gasteiger partial charge >= 0.3 is 0 Å². The molecule has 0 aromatic heterocycles. The zero-order chi connectivity index (χ0) is 47.9. The van der Waals surface area contributed by atoms with E-state index in [0.717, 1.165) is 28.2 Å². The van der Waals surface area contributed by atoms with Crippen molar-refractivity contribution in [2.24, 2.45) is 0 Å². The minimum atomic E-state index is -0.675. The summed E-state index contributed by atoms with van der Waals surface area (Å²) in [6, 6.07) is 93.9. The van der Waals surface area contributed by atoms with E-state index >= 15 is 0 Å². The molecule has 1 heteroatoms. The first kappa shape index (κ1) is 43.5. The second-order valence-electron chi connectivity index (χ2n) is 19.2. The Balaban J connectivity index is 1.08. The molecule has 2 aliphatic carbocycles. The van der Waals surface area contributed by atoms with Crippen LogP contribution < -0.4 is 4.90 Å². The number of anilines is 3. The molecule has 0 unspecified atom stereocenters. The molecule has 338 valence electrons. The Morgan fingerprint density at radius 3 is 1.45 bits per heavy atom. The SMILES string of the molecule is C=C/C=C\C1=C(c2ccc(-c3ccccc3)cc2)C(c2ccccc2)(c2ccccc2)c2cc(-c3ccccc3N(c3ccc(-c4ccccc4)cc3)c3ccc4c(c3)C(C)(C)c3ccccc3-4)ccc21. The lowest BCUT2D eigenvalue weighted by Gasteiger charge is -2.36. The van der Waals surface area contributed by atoms with Crippen molar-refractivity contribution < 1.29 is 0 Å². The van der Waals surface area contributed by atoms with Crippen LogP contribution in [0.15, 0.2) is 280 Å². The largest absolute Gasteiger partial charge is 0.310 e. The Hall–Kier alpha value is -8.78. The predicted molar refractivity (Wildman–Crippen MR) is 300 cm³/mol. The predicted octanol–water partition coefficient (Wildman–Crippen LogP) is 18.5. The van der Waals surface area contributed by atoms with Gasteiger partial charge in [0.2, 0.25) is 0 Å². The molecule has 0 bridgehead atoms. The van der Waals surface area contributed by atoms with Gasteiger partial charge in [0.1, 0.15) is 0 Å². The maximum atomic E-state index is 4.15. The summed E-state index contributed by atoms with van der Waals surface area (Å²) in [5, 5.41) is 0. The van der Waals surface area contributed by atoms with Gasteiger partial charge in [-0.2, -0.15) is 0 Å². The molecule has 0 saturated heterocycles. The van der Waals surface area contributed by atoms with Crippen LogP contribution >= 0.6 is 0 Å². The number of allylic oxidation sites excluding steroid dienone is 5. The van der Waals surface area contributed by atoms with Crippen LogP contribution in [0.2, 0.25) is 0 Å². The molecule has 10 aromatic carbocycles. The summed E-state index contributed by atoms with van der Waals surface area (Å²) in [6.07, 6.45) is 6.24. The van der Waals surface area contributed by atoms with Gasteiger partial charge < -0.3 is 4.90 Å². The standard InChI is InChI=1S/C70H53N/c1-4-5-30-63-62-45-41-54(47-66(62)70(55-26-14-8-15-27-55,56-28-16-9-17-29-56)68(63)53-37-35-51(36-38-53)49-22-10-6-11-23-49)59-31-19-21-34-67(59)71(57-42-39-52(40-43-57)50-24-12-7-13-25-50)58-44-46-61-60-32-18-20-33-64(60)69(2,3)65(61)48-58/h4-48H,1H2,2-3H3/b30-5-. The van der Waals surface area contributed by atoms with Gasteiger partial charge in [-0.25, -0.2) is 0 Å². The summed E-state index contributed by atoms with van der Waals surface area (Å²) in [4.78, 5) is 2.47. The van der Waals surface area contributed by atoms with E-state index in [1.54, 1.807) is 0 Å². The summed E-state index contributed by atoms with van der Waals surface area (Å²) in [5.74, 6) is 0. The summed E-state index contributed by atoms with van der Waals surface area (Å²) in [5.41, 5.74) is 23.3. The molecule has 10 aromatic rings. The summed E-state index contributed by atoms with van der Waals surface area (Å²) < 4.78 is 0. The molecule has 0 radical (unpaired) electrons. The van der Waals surface area contributed by atoms with Gasteiger partial charge in [0.05, 0.1) is 11.1 Å². The van der Waals surface area contributed by atoms with E-state index in [1.807, 2.05) is 6.08 Å². The average molecular weight is 908 g/mol. The zero-order valence-electron chi connectivity index (χ0n) is 40.1. The lowest BCUT2D eigenvalue weighted by molar-refractivity contribution is 0.660. The molecule has 1 nitrogen and oxygen atoms in total. The molecule has 0 saturated carbocycles. The summed E-state index contributed by atoms with van der Waals surface area (Å²) in [6.45, 7) is 8.88. The Labute approximate surface area is 418 Å². The minimum absolute atomic E-state index is 0.160. The first-order valence-corrected chi connectivity index (χ1v) is 24.7. The van der Waals surface area contributed by atoms with E-state index < -0.39 is 5.41 Å². The lowest BCUT2D eigenvalue weighted by atomic mass is 9.65. The first-order valence-electron chi connectivity index (χ1n) is 24.7. The molecule has 0 spiro atoms. The molecule has 0 N–H and O–H groups in total. The van der Waals surface area contributed by atoms with Crippen LogP contribution in [0, 0.1) is 0 Å². The monoisotopic (exact) mass is 907 g/mol. The van der Waals surface area contributed by atoms with E-state index in [-0.39, 0.29) is 5.41 Å². The fourth-order valence-corrected chi connectivity index (χ4v) is 11.6. The third-order valence-corrected chi connectivity index (χ3v) is 15.0. The quantitative estimate of drug-likeness (QED) is 0.117. The van der Waals surface area contributed by atoms with Crippen LogP contribution in [0.25, 0.3) is 55.7 Å². The Bertz CT molecular complexity index is 3600. The highest BCUT2D eigenvalue weighted by Crippen LogP contribution is 2.60. The zero-order valence-corrected chi connectivity index (χ0v) is 40.1. The fourth-order valence-electron chi connectivity index (χ4n) is 11.6. The number of rotatable bonds is 11. The third-order valence-electron chi connectivity index (χ3n) is 15.0. The van der Waals surface area contributed by atoms with Crippen molar-refractivity contribution in [2.75, 3.05) is 4.90 Å². The van der Waals surface area contributed by atoms with E-state index in [4.69, 9.17) is 0 Å². The van der Waals surface area contributed by atoms with E-state index in [0.29, 0.717) is 0 Å². The highest BCUT2D eigenvalue weighted by Gasteiger charge is 2.48. The lowest BCUT2D eigenvalue weighted by Crippen LogP contribution is -2.29. The number of hydrogen-bond donors (Lipinski definition) is 0. The summed E-state index contributed by atoms with van der Waals surface area (Å²) in [7, 11) is 0. The maximum Gasteiger partial charge on any atom is 0.0719 e. The van der Waals surface area contributed by atoms with Crippen molar-refractivity contribution >= 4 is 28.2 Å². The van der Waals surface area contributed by atoms with Crippen molar-refractivity contribution in [3.8, 4) is 44.5 Å². The third kappa shape index (κ3) is 7.32. The van der Waals surface area contributed by atoms with Gasteiger partial charge in [-0.05, 0) is 125 Å². The molecule has 2 aliphatic rings. The number of para-hydroxylation sites is 1. The molecular formula is C70H53N. The van der Waals surface area contributed by atoms with Crippen LogP contribution in [-0.2, 0) is 10.8 Å². The Kier molecular flexibility index (Phi) is 11.0. The van der Waals surface area contributed by atoms with Gasteiger partial charge in [0.25, 0.3) is 0 Å². The highest BCUT2D eigenvalue weighted by atomic mass is 15.1. The van der Waals surface area contributed by atoms with Crippen molar-refractivity contribution in [1.82, 2.24) is 0 Å². The Morgan fingerprint density at radius 1 is 0.366 bits per heavy atom. The summed E-state index contributed by atoms with van der Waals surface area (Å²) >= 11 is 0. The number of hydrogen-bond acceptors (Lipinski definition) is 1. The van der Waals surface area contributed by atoms with Gasteiger partial charge in [-0.3, -0.25) is 0 Å². The normalized spacial score (nSPS) is 13.9. The van der Waals surface area contributed by atoms with Gasteiger partial charge in [-0.15, -0.1) is 0 Å². The topological polar surface area (TPSA) is 3.24 Å². The molecule has 0 amide bonds. The molecule has 0 atom stereocenters. The Morgan fingerprint density at radius 2 is 0.831 bits per heavy atom.